The van der Waals surface area contributed by atoms with Crippen LogP contribution in [0, 0.1) is 13.8 Å². The zero-order valence-electron chi connectivity index (χ0n) is 21.6. The molecule has 38 heavy (non-hydrogen) atoms. The van der Waals surface area contributed by atoms with Crippen molar-refractivity contribution in [2.75, 3.05) is 33.3 Å². The Bertz CT molecular complexity index is 1480. The van der Waals surface area contributed by atoms with Gasteiger partial charge in [0.2, 0.25) is 0 Å². The lowest BCUT2D eigenvalue weighted by molar-refractivity contribution is -0.132. The number of nitrogens with zero attached hydrogens (tertiary/aromatic N) is 2. The molecule has 11 heteroatoms. The van der Waals surface area contributed by atoms with Gasteiger partial charge in [0, 0.05) is 5.56 Å². The number of benzene rings is 2. The quantitative estimate of drug-likeness (QED) is 0.204. The molecule has 2 aromatic carbocycles. The van der Waals surface area contributed by atoms with Crippen molar-refractivity contribution in [1.29, 1.82) is 0 Å². The van der Waals surface area contributed by atoms with Crippen LogP contribution in [-0.4, -0.2) is 56.2 Å². The molecule has 1 atom stereocenters. The van der Waals surface area contributed by atoms with Crippen LogP contribution >= 0.6 is 11.3 Å². The molecule has 0 unspecified atom stereocenters. The van der Waals surface area contributed by atoms with Gasteiger partial charge in [0.25, 0.3) is 5.78 Å². The zero-order chi connectivity index (χ0) is 27.7. The van der Waals surface area contributed by atoms with E-state index in [1.165, 1.54) is 33.3 Å². The highest BCUT2D eigenvalue weighted by molar-refractivity contribution is 7.17. The summed E-state index contributed by atoms with van der Waals surface area (Å²) in [7, 11) is 5.72. The third kappa shape index (κ3) is 4.45. The van der Waals surface area contributed by atoms with E-state index < -0.39 is 23.7 Å². The van der Waals surface area contributed by atoms with E-state index in [9.17, 15) is 19.5 Å². The molecule has 0 radical (unpaired) electrons. The molecule has 1 N–H and O–H groups in total. The molecular weight excluding hydrogens is 512 g/mol. The van der Waals surface area contributed by atoms with Crippen LogP contribution in [0.4, 0.5) is 5.13 Å². The average molecular weight is 539 g/mol. The molecule has 1 saturated heterocycles. The third-order valence-electron chi connectivity index (χ3n) is 6.22. The van der Waals surface area contributed by atoms with E-state index in [-0.39, 0.29) is 21.3 Å². The third-order valence-corrected chi connectivity index (χ3v) is 7.36. The predicted octanol–water partition coefficient (Wildman–Crippen LogP) is 4.20. The van der Waals surface area contributed by atoms with Crippen LogP contribution < -0.4 is 19.1 Å². The van der Waals surface area contributed by atoms with Crippen molar-refractivity contribution >= 4 is 39.9 Å². The molecule has 2 heterocycles. The molecule has 1 fully saturated rings. The van der Waals surface area contributed by atoms with E-state index in [1.807, 2.05) is 0 Å². The lowest BCUT2D eigenvalue weighted by Crippen LogP contribution is -2.29. The second kappa shape index (κ2) is 10.5. The summed E-state index contributed by atoms with van der Waals surface area (Å²) in [6.45, 7) is 3.36. The number of hydrogen-bond acceptors (Lipinski definition) is 10. The highest BCUT2D eigenvalue weighted by atomic mass is 32.1. The maximum absolute atomic E-state index is 13.5. The normalized spacial score (nSPS) is 16.5. The van der Waals surface area contributed by atoms with Crippen molar-refractivity contribution < 1.29 is 38.4 Å². The maximum atomic E-state index is 13.5. The molecule has 198 valence electrons. The van der Waals surface area contributed by atoms with E-state index in [2.05, 4.69) is 4.98 Å². The van der Waals surface area contributed by atoms with Gasteiger partial charge in [-0.25, -0.2) is 9.78 Å². The number of carbonyl (C=O) groups is 3. The number of aromatic nitrogens is 1. The van der Waals surface area contributed by atoms with Gasteiger partial charge in [-0.05, 0) is 55.3 Å². The number of Topliss-reactive ketones (excluding diaryl/α,β-unsaturated/α-hetero) is 1. The minimum atomic E-state index is -1.08. The Kier molecular flexibility index (Phi) is 7.40. The van der Waals surface area contributed by atoms with Gasteiger partial charge in [-0.15, -0.1) is 0 Å². The minimum absolute atomic E-state index is 0.107. The van der Waals surface area contributed by atoms with Crippen LogP contribution in [0.5, 0.6) is 17.2 Å². The summed E-state index contributed by atoms with van der Waals surface area (Å²) in [6.07, 6.45) is 0. The Balaban J connectivity index is 1.98. The van der Waals surface area contributed by atoms with Crippen molar-refractivity contribution in [2.24, 2.45) is 0 Å². The van der Waals surface area contributed by atoms with Crippen LogP contribution in [-0.2, 0) is 14.3 Å². The molecular formula is C27H26N2O8S. The Labute approximate surface area is 223 Å². The van der Waals surface area contributed by atoms with Crippen LogP contribution in [0.3, 0.4) is 0 Å². The fraction of sp³-hybridized carbons (Fsp3) is 0.259. The number of aryl methyl sites for hydroxylation is 2. The molecule has 1 aliphatic heterocycles. The fourth-order valence-electron chi connectivity index (χ4n) is 4.31. The van der Waals surface area contributed by atoms with E-state index in [0.29, 0.717) is 39.6 Å². The van der Waals surface area contributed by atoms with Gasteiger partial charge in [0.1, 0.15) is 16.4 Å². The zero-order valence-corrected chi connectivity index (χ0v) is 22.5. The smallest absolute Gasteiger partial charge is 0.350 e. The first-order chi connectivity index (χ1) is 18.2. The largest absolute Gasteiger partial charge is 0.507 e. The monoisotopic (exact) mass is 538 g/mol. The minimum Gasteiger partial charge on any atom is -0.507 e. The summed E-state index contributed by atoms with van der Waals surface area (Å²) in [4.78, 5) is 45.0. The molecule has 3 aromatic rings. The summed E-state index contributed by atoms with van der Waals surface area (Å²) in [5, 5.41) is 11.6. The van der Waals surface area contributed by atoms with Crippen LogP contribution in [0.15, 0.2) is 42.0 Å². The number of thiazole rings is 1. The summed E-state index contributed by atoms with van der Waals surface area (Å²) < 4.78 is 20.9. The average Bonchev–Trinajstić information content (AvgIpc) is 3.43. The van der Waals surface area contributed by atoms with Crippen molar-refractivity contribution in [3.8, 4) is 17.2 Å². The highest BCUT2D eigenvalue weighted by Gasteiger charge is 2.48. The first kappa shape index (κ1) is 26.7. The van der Waals surface area contributed by atoms with Gasteiger partial charge in [-0.3, -0.25) is 14.5 Å². The van der Waals surface area contributed by atoms with Crippen molar-refractivity contribution in [3.63, 3.8) is 0 Å². The van der Waals surface area contributed by atoms with Crippen molar-refractivity contribution in [3.05, 3.63) is 69.2 Å². The second-order valence-electron chi connectivity index (χ2n) is 8.37. The number of ether oxygens (including phenoxy) is 4. The van der Waals surface area contributed by atoms with E-state index in [0.717, 1.165) is 11.3 Å². The van der Waals surface area contributed by atoms with Gasteiger partial charge in [-0.2, -0.15) is 0 Å². The Morgan fingerprint density at radius 2 is 1.68 bits per heavy atom. The molecule has 0 saturated carbocycles. The highest BCUT2D eigenvalue weighted by Crippen LogP contribution is 2.45. The molecule has 1 aliphatic rings. The number of hydrogen-bond donors (Lipinski definition) is 1. The Morgan fingerprint density at radius 3 is 2.29 bits per heavy atom. The Hall–Kier alpha value is -4.38. The van der Waals surface area contributed by atoms with Gasteiger partial charge in [0.15, 0.2) is 16.6 Å². The van der Waals surface area contributed by atoms with Gasteiger partial charge in [-0.1, -0.05) is 17.4 Å². The molecule has 1 aromatic heterocycles. The van der Waals surface area contributed by atoms with Gasteiger partial charge >= 0.3 is 11.9 Å². The molecule has 0 aliphatic carbocycles. The summed E-state index contributed by atoms with van der Waals surface area (Å²) in [5.74, 6) is -1.39. The predicted molar refractivity (Wildman–Crippen MR) is 140 cm³/mol. The molecule has 1 amide bonds. The first-order valence-electron chi connectivity index (χ1n) is 11.4. The number of anilines is 1. The number of methoxy groups -OCH3 is 4. The summed E-state index contributed by atoms with van der Waals surface area (Å²) >= 11 is 0.919. The fourth-order valence-corrected chi connectivity index (χ4v) is 5.32. The maximum Gasteiger partial charge on any atom is 0.350 e. The topological polar surface area (TPSA) is 124 Å². The molecule has 4 rings (SSSR count). The first-order valence-corrected chi connectivity index (χ1v) is 12.2. The molecule has 10 nitrogen and oxygen atoms in total. The molecule has 0 bridgehead atoms. The van der Waals surface area contributed by atoms with Crippen LogP contribution in [0.25, 0.3) is 5.76 Å². The standard InChI is InChI=1S/C27H26N2O8S/c1-13-11-16(34-3)8-9-17(13)22(30)20-21(15-7-10-18(35-4)19(12-15)36-5)29(25(32)23(20)31)27-28-14(2)24(38-27)26(33)37-6/h7-12,21,30H,1-6H3/b22-20+/t21-/m0/s1. The number of rotatable bonds is 7. The van der Waals surface area contributed by atoms with Gasteiger partial charge in [0.05, 0.1) is 45.7 Å². The second-order valence-corrected chi connectivity index (χ2v) is 9.34. The number of amides is 1. The number of ketones is 1. The lowest BCUT2D eigenvalue weighted by atomic mass is 9.93. The van der Waals surface area contributed by atoms with Crippen molar-refractivity contribution in [1.82, 2.24) is 4.98 Å². The van der Waals surface area contributed by atoms with Crippen LogP contribution in [0.1, 0.15) is 38.1 Å². The SMILES string of the molecule is COC(=O)c1sc(N2C(=O)C(=O)/C(=C(/O)c3ccc(OC)cc3C)[C@@H]2c2ccc(OC)c(OC)c2)nc1C. The van der Waals surface area contributed by atoms with E-state index in [4.69, 9.17) is 18.9 Å². The number of aliphatic hydroxyl groups excluding tert-OH is 1. The lowest BCUT2D eigenvalue weighted by Gasteiger charge is -2.24. The van der Waals surface area contributed by atoms with Crippen molar-refractivity contribution in [2.45, 2.75) is 19.9 Å². The van der Waals surface area contributed by atoms with Gasteiger partial charge < -0.3 is 24.1 Å². The summed E-state index contributed by atoms with van der Waals surface area (Å²) in [5.41, 5.74) is 1.66. The van der Waals surface area contributed by atoms with E-state index >= 15 is 0 Å². The number of esters is 1. The Morgan fingerprint density at radius 1 is 0.974 bits per heavy atom. The molecule has 0 spiro atoms. The van der Waals surface area contributed by atoms with Crippen LogP contribution in [0.2, 0.25) is 0 Å². The number of carbonyl (C=O) groups excluding carboxylic acids is 3. The summed E-state index contributed by atoms with van der Waals surface area (Å²) in [6, 6.07) is 8.83. The van der Waals surface area contributed by atoms with E-state index in [1.54, 1.807) is 50.2 Å². The number of aliphatic hydroxyl groups is 1.